The predicted octanol–water partition coefficient (Wildman–Crippen LogP) is 1.90. The first kappa shape index (κ1) is 10.1. The number of carbonyl (C=O) groups is 1. The van der Waals surface area contributed by atoms with E-state index in [2.05, 4.69) is 9.72 Å². The number of carbonyl (C=O) groups excluding carboxylic acids is 1. The van der Waals surface area contributed by atoms with Crippen LogP contribution in [0, 0.1) is 0 Å². The molecule has 4 nitrogen and oxygen atoms in total. The van der Waals surface area contributed by atoms with E-state index >= 15 is 0 Å². The molecule has 72 valence electrons. The fourth-order valence-electron chi connectivity index (χ4n) is 1.02. The summed E-state index contributed by atoms with van der Waals surface area (Å²) in [7, 11) is 1.32. The molecule has 0 aromatic carbocycles. The Kier molecular flexibility index (Phi) is 2.93. The van der Waals surface area contributed by atoms with Crippen LogP contribution in [0.1, 0.15) is 30.4 Å². The van der Waals surface area contributed by atoms with Gasteiger partial charge in [0.1, 0.15) is 0 Å². The number of aromatic nitrogens is 2. The van der Waals surface area contributed by atoms with Crippen molar-refractivity contribution in [2.75, 3.05) is 7.11 Å². The number of nitrogens with zero attached hydrogens (tertiary/aromatic N) is 2. The highest BCUT2D eigenvalue weighted by molar-refractivity contribution is 6.32. The maximum atomic E-state index is 11.3. The van der Waals surface area contributed by atoms with Crippen molar-refractivity contribution in [3.8, 4) is 0 Å². The molecule has 5 heteroatoms. The van der Waals surface area contributed by atoms with Gasteiger partial charge in [0, 0.05) is 6.04 Å². The van der Waals surface area contributed by atoms with Gasteiger partial charge in [-0.3, -0.25) is 0 Å². The topological polar surface area (TPSA) is 44.1 Å². The third-order valence-electron chi connectivity index (χ3n) is 1.68. The lowest BCUT2D eigenvalue weighted by molar-refractivity contribution is 0.0587. The van der Waals surface area contributed by atoms with Gasteiger partial charge < -0.3 is 9.30 Å². The molecule has 0 aliphatic rings. The minimum absolute atomic E-state index is 0.133. The highest BCUT2D eigenvalue weighted by Gasteiger charge is 2.19. The maximum Gasteiger partial charge on any atom is 0.357 e. The molecular weight excluding hydrogens is 192 g/mol. The minimum Gasteiger partial charge on any atom is -0.464 e. The van der Waals surface area contributed by atoms with Gasteiger partial charge in [0.05, 0.1) is 13.4 Å². The molecule has 13 heavy (non-hydrogen) atoms. The normalized spacial score (nSPS) is 10.5. The van der Waals surface area contributed by atoms with Crippen LogP contribution in [0.15, 0.2) is 6.33 Å². The Morgan fingerprint density at radius 1 is 1.69 bits per heavy atom. The average Bonchev–Trinajstić information content (AvgIpc) is 2.46. The molecule has 0 aliphatic heterocycles. The van der Waals surface area contributed by atoms with Crippen LogP contribution < -0.4 is 0 Å². The largest absolute Gasteiger partial charge is 0.464 e. The van der Waals surface area contributed by atoms with Gasteiger partial charge in [-0.15, -0.1) is 0 Å². The van der Waals surface area contributed by atoms with Crippen LogP contribution in [0.5, 0.6) is 0 Å². The molecule has 0 bridgehead atoms. The molecule has 1 aromatic rings. The van der Waals surface area contributed by atoms with Crippen LogP contribution in [-0.4, -0.2) is 22.6 Å². The summed E-state index contributed by atoms with van der Waals surface area (Å²) in [6, 6.07) is 0.133. The Bertz CT molecular complexity index is 320. The molecule has 0 amide bonds. The summed E-state index contributed by atoms with van der Waals surface area (Å²) >= 11 is 5.73. The van der Waals surface area contributed by atoms with Crippen molar-refractivity contribution in [2.45, 2.75) is 19.9 Å². The number of hydrogen-bond acceptors (Lipinski definition) is 3. The van der Waals surface area contributed by atoms with Gasteiger partial charge in [0.25, 0.3) is 0 Å². The zero-order valence-corrected chi connectivity index (χ0v) is 8.50. The second-order valence-electron chi connectivity index (χ2n) is 2.88. The lowest BCUT2D eigenvalue weighted by Crippen LogP contribution is -2.12. The summed E-state index contributed by atoms with van der Waals surface area (Å²) in [5, 5.41) is 0.181. The molecule has 0 spiro atoms. The van der Waals surface area contributed by atoms with Gasteiger partial charge in [-0.05, 0) is 13.8 Å². The smallest absolute Gasteiger partial charge is 0.357 e. The van der Waals surface area contributed by atoms with Crippen molar-refractivity contribution in [3.05, 3.63) is 17.2 Å². The zero-order chi connectivity index (χ0) is 10.0. The van der Waals surface area contributed by atoms with E-state index in [1.807, 2.05) is 13.8 Å². The standard InChI is InChI=1S/C8H11ClN2O2/c1-5(2)11-4-10-7(9)6(11)8(12)13-3/h4-5H,1-3H3. The highest BCUT2D eigenvalue weighted by Crippen LogP contribution is 2.18. The zero-order valence-electron chi connectivity index (χ0n) is 7.74. The summed E-state index contributed by atoms with van der Waals surface area (Å²) in [5.74, 6) is -0.462. The van der Waals surface area contributed by atoms with Crippen LogP contribution in [0.2, 0.25) is 5.15 Å². The lowest BCUT2D eigenvalue weighted by Gasteiger charge is -2.09. The Morgan fingerprint density at radius 3 is 2.77 bits per heavy atom. The highest BCUT2D eigenvalue weighted by atomic mass is 35.5. The molecule has 0 fully saturated rings. The first-order chi connectivity index (χ1) is 6.07. The van der Waals surface area contributed by atoms with Crippen molar-refractivity contribution in [1.82, 2.24) is 9.55 Å². The number of imidazole rings is 1. The summed E-state index contributed by atoms with van der Waals surface area (Å²) in [5.41, 5.74) is 0.305. The van der Waals surface area contributed by atoms with E-state index in [1.165, 1.54) is 13.4 Å². The Morgan fingerprint density at radius 2 is 2.31 bits per heavy atom. The Hall–Kier alpha value is -1.03. The van der Waals surface area contributed by atoms with Crippen LogP contribution in [0.3, 0.4) is 0 Å². The number of hydrogen-bond donors (Lipinski definition) is 0. The van der Waals surface area contributed by atoms with Gasteiger partial charge in [-0.1, -0.05) is 11.6 Å². The molecule has 0 unspecified atom stereocenters. The van der Waals surface area contributed by atoms with Crippen molar-refractivity contribution in [3.63, 3.8) is 0 Å². The fourth-order valence-corrected chi connectivity index (χ4v) is 1.23. The van der Waals surface area contributed by atoms with Gasteiger partial charge in [-0.25, -0.2) is 9.78 Å². The molecule has 1 heterocycles. The molecule has 1 rings (SSSR count). The molecule has 0 radical (unpaired) electrons. The fraction of sp³-hybridized carbons (Fsp3) is 0.500. The molecule has 0 saturated carbocycles. The summed E-state index contributed by atoms with van der Waals surface area (Å²) in [6.45, 7) is 3.87. The van der Waals surface area contributed by atoms with Crippen LogP contribution >= 0.6 is 11.6 Å². The van der Waals surface area contributed by atoms with Crippen molar-refractivity contribution in [2.24, 2.45) is 0 Å². The monoisotopic (exact) mass is 202 g/mol. The van der Waals surface area contributed by atoms with Gasteiger partial charge in [0.2, 0.25) is 0 Å². The third kappa shape index (κ3) is 1.83. The molecule has 1 aromatic heterocycles. The first-order valence-corrected chi connectivity index (χ1v) is 4.26. The summed E-state index contributed by atoms with van der Waals surface area (Å²) in [4.78, 5) is 15.1. The Balaban J connectivity index is 3.16. The number of ether oxygens (including phenoxy) is 1. The van der Waals surface area contributed by atoms with Crippen LogP contribution in [0.25, 0.3) is 0 Å². The van der Waals surface area contributed by atoms with Crippen molar-refractivity contribution in [1.29, 1.82) is 0 Å². The summed E-state index contributed by atoms with van der Waals surface area (Å²) in [6.07, 6.45) is 1.53. The van der Waals surface area contributed by atoms with Crippen molar-refractivity contribution < 1.29 is 9.53 Å². The van der Waals surface area contributed by atoms with Gasteiger partial charge >= 0.3 is 5.97 Å². The van der Waals surface area contributed by atoms with E-state index in [-0.39, 0.29) is 11.2 Å². The lowest BCUT2D eigenvalue weighted by atomic mass is 10.3. The quantitative estimate of drug-likeness (QED) is 0.688. The predicted molar refractivity (Wildman–Crippen MR) is 49.0 cm³/mol. The van der Waals surface area contributed by atoms with E-state index in [9.17, 15) is 4.79 Å². The number of methoxy groups -OCH3 is 1. The van der Waals surface area contributed by atoms with E-state index in [0.717, 1.165) is 0 Å². The number of rotatable bonds is 2. The third-order valence-corrected chi connectivity index (χ3v) is 1.96. The average molecular weight is 203 g/mol. The second kappa shape index (κ2) is 3.79. The summed E-state index contributed by atoms with van der Waals surface area (Å²) < 4.78 is 6.26. The van der Waals surface area contributed by atoms with Crippen molar-refractivity contribution >= 4 is 17.6 Å². The number of halogens is 1. The molecule has 0 saturated heterocycles. The SMILES string of the molecule is COC(=O)c1c(Cl)ncn1C(C)C. The first-order valence-electron chi connectivity index (χ1n) is 3.88. The second-order valence-corrected chi connectivity index (χ2v) is 3.23. The minimum atomic E-state index is -0.462. The number of esters is 1. The van der Waals surface area contributed by atoms with Gasteiger partial charge in [-0.2, -0.15) is 0 Å². The Labute approximate surface area is 81.5 Å². The molecule has 0 aliphatic carbocycles. The molecule has 0 atom stereocenters. The molecular formula is C8H11ClN2O2. The van der Waals surface area contributed by atoms with E-state index in [1.54, 1.807) is 4.57 Å². The maximum absolute atomic E-state index is 11.3. The molecule has 0 N–H and O–H groups in total. The van der Waals surface area contributed by atoms with E-state index in [4.69, 9.17) is 11.6 Å². The van der Waals surface area contributed by atoms with Crippen LogP contribution in [-0.2, 0) is 4.74 Å². The van der Waals surface area contributed by atoms with E-state index < -0.39 is 5.97 Å². The van der Waals surface area contributed by atoms with Gasteiger partial charge in [0.15, 0.2) is 10.8 Å². The van der Waals surface area contributed by atoms with Crippen LogP contribution in [0.4, 0.5) is 0 Å². The van der Waals surface area contributed by atoms with E-state index in [0.29, 0.717) is 5.69 Å².